The lowest BCUT2D eigenvalue weighted by Gasteiger charge is -2.18. The number of nitrogens with one attached hydrogen (secondary N) is 2. The molecular formula is C19H22ClN3O3S. The molecule has 27 heavy (non-hydrogen) atoms. The molecule has 3 rings (SSSR count). The molecule has 1 aliphatic heterocycles. The van der Waals surface area contributed by atoms with Crippen LogP contribution in [0, 0.1) is 6.92 Å². The predicted octanol–water partition coefficient (Wildman–Crippen LogP) is 3.93. The first-order chi connectivity index (χ1) is 12.8. The number of urea groups is 1. The molecule has 0 aliphatic carbocycles. The topological polar surface area (TPSA) is 78.5 Å². The van der Waals surface area contributed by atoms with E-state index in [1.165, 1.54) is 6.07 Å². The van der Waals surface area contributed by atoms with Crippen molar-refractivity contribution in [3.05, 3.63) is 52.5 Å². The Labute approximate surface area is 164 Å². The highest BCUT2D eigenvalue weighted by Crippen LogP contribution is 2.31. The number of fused-ring (bicyclic) bond motifs is 1. The average molecular weight is 408 g/mol. The number of sulfonamides is 1. The molecule has 0 saturated heterocycles. The largest absolute Gasteiger partial charge is 0.338 e. The molecule has 0 aromatic heterocycles. The highest BCUT2D eigenvalue weighted by Gasteiger charge is 2.26. The normalized spacial score (nSPS) is 13.4. The molecule has 2 amide bonds. The highest BCUT2D eigenvalue weighted by molar-refractivity contribution is 7.92. The third-order valence-corrected chi connectivity index (χ3v) is 6.24. The van der Waals surface area contributed by atoms with Crippen molar-refractivity contribution >= 4 is 39.0 Å². The van der Waals surface area contributed by atoms with Gasteiger partial charge in [0.25, 0.3) is 10.0 Å². The number of rotatable bonds is 5. The smallest absolute Gasteiger partial charge is 0.321 e. The minimum atomic E-state index is -3.74. The van der Waals surface area contributed by atoms with E-state index >= 15 is 0 Å². The van der Waals surface area contributed by atoms with E-state index in [1.807, 2.05) is 13.8 Å². The Morgan fingerprint density at radius 3 is 2.70 bits per heavy atom. The van der Waals surface area contributed by atoms with Gasteiger partial charge in [-0.25, -0.2) is 13.2 Å². The molecule has 2 aromatic carbocycles. The van der Waals surface area contributed by atoms with E-state index in [4.69, 9.17) is 11.6 Å². The molecule has 2 aromatic rings. The van der Waals surface area contributed by atoms with Crippen molar-refractivity contribution in [2.24, 2.45) is 0 Å². The standard InChI is InChI=1S/C19H22ClN3O3S/c1-3-9-21-19(24)23-10-8-14-11-16(6-7-18(14)23)27(25,26)22-15-5-4-13(2)17(20)12-15/h4-7,11-12,22H,3,8-10H2,1-2H3,(H,21,24). The third kappa shape index (κ3) is 4.20. The lowest BCUT2D eigenvalue weighted by molar-refractivity contribution is 0.247. The number of aryl methyl sites for hydroxylation is 1. The maximum atomic E-state index is 12.7. The fourth-order valence-corrected chi connectivity index (χ4v) is 4.23. The number of carbonyl (C=O) groups excluding carboxylic acids is 1. The Balaban J connectivity index is 1.82. The molecule has 2 N–H and O–H groups in total. The zero-order valence-electron chi connectivity index (χ0n) is 15.3. The van der Waals surface area contributed by atoms with Crippen LogP contribution in [0.1, 0.15) is 24.5 Å². The van der Waals surface area contributed by atoms with Gasteiger partial charge in [-0.3, -0.25) is 9.62 Å². The molecule has 1 heterocycles. The van der Waals surface area contributed by atoms with Gasteiger partial charge in [0, 0.05) is 23.8 Å². The summed E-state index contributed by atoms with van der Waals surface area (Å²) in [5, 5.41) is 3.34. The van der Waals surface area contributed by atoms with E-state index in [1.54, 1.807) is 35.2 Å². The van der Waals surface area contributed by atoms with Crippen LogP contribution < -0.4 is 14.9 Å². The van der Waals surface area contributed by atoms with Crippen molar-refractivity contribution in [2.75, 3.05) is 22.7 Å². The Bertz CT molecular complexity index is 976. The molecule has 0 atom stereocenters. The van der Waals surface area contributed by atoms with Crippen molar-refractivity contribution in [3.63, 3.8) is 0 Å². The first-order valence-electron chi connectivity index (χ1n) is 8.79. The van der Waals surface area contributed by atoms with Crippen LogP contribution in [0.15, 0.2) is 41.3 Å². The minimum absolute atomic E-state index is 0.154. The summed E-state index contributed by atoms with van der Waals surface area (Å²) in [5.74, 6) is 0. The van der Waals surface area contributed by atoms with Crippen molar-refractivity contribution in [1.29, 1.82) is 0 Å². The van der Waals surface area contributed by atoms with Gasteiger partial charge in [0.2, 0.25) is 0 Å². The predicted molar refractivity (Wildman–Crippen MR) is 108 cm³/mol. The molecule has 0 spiro atoms. The lowest BCUT2D eigenvalue weighted by atomic mass is 10.2. The number of carbonyl (C=O) groups is 1. The van der Waals surface area contributed by atoms with Crippen molar-refractivity contribution in [2.45, 2.75) is 31.6 Å². The van der Waals surface area contributed by atoms with Crippen LogP contribution in [0.3, 0.4) is 0 Å². The van der Waals surface area contributed by atoms with Crippen LogP contribution in [-0.4, -0.2) is 27.5 Å². The molecule has 0 unspecified atom stereocenters. The highest BCUT2D eigenvalue weighted by atomic mass is 35.5. The summed E-state index contributed by atoms with van der Waals surface area (Å²) in [7, 11) is -3.74. The summed E-state index contributed by atoms with van der Waals surface area (Å²) < 4.78 is 28.0. The second-order valence-corrected chi connectivity index (χ2v) is 8.58. The molecule has 6 nitrogen and oxygen atoms in total. The van der Waals surface area contributed by atoms with Crippen molar-refractivity contribution in [3.8, 4) is 0 Å². The fourth-order valence-electron chi connectivity index (χ4n) is 2.95. The second-order valence-electron chi connectivity index (χ2n) is 6.49. The summed E-state index contributed by atoms with van der Waals surface area (Å²) in [6, 6.07) is 9.69. The Hall–Kier alpha value is -2.25. The second kappa shape index (κ2) is 7.78. The van der Waals surface area contributed by atoms with Crippen LogP contribution in [0.2, 0.25) is 5.02 Å². The van der Waals surface area contributed by atoms with E-state index in [9.17, 15) is 13.2 Å². The van der Waals surface area contributed by atoms with Crippen LogP contribution in [0.5, 0.6) is 0 Å². The number of benzene rings is 2. The first-order valence-corrected chi connectivity index (χ1v) is 10.6. The van der Waals surface area contributed by atoms with Crippen LogP contribution in [0.25, 0.3) is 0 Å². The molecule has 8 heteroatoms. The number of hydrogen-bond donors (Lipinski definition) is 2. The molecule has 0 saturated carbocycles. The van der Waals surface area contributed by atoms with E-state index < -0.39 is 10.0 Å². The van der Waals surface area contributed by atoms with E-state index in [0.717, 1.165) is 23.2 Å². The number of anilines is 2. The number of amides is 2. The number of hydrogen-bond acceptors (Lipinski definition) is 3. The Morgan fingerprint density at radius 1 is 1.22 bits per heavy atom. The SMILES string of the molecule is CCCNC(=O)N1CCc2cc(S(=O)(=O)Nc3ccc(C)c(Cl)c3)ccc21. The van der Waals surface area contributed by atoms with Gasteiger partial charge in [0.15, 0.2) is 0 Å². The first kappa shape index (κ1) is 19.5. The maximum absolute atomic E-state index is 12.7. The van der Waals surface area contributed by atoms with Gasteiger partial charge < -0.3 is 5.32 Å². The van der Waals surface area contributed by atoms with Gasteiger partial charge in [0.1, 0.15) is 0 Å². The summed E-state index contributed by atoms with van der Waals surface area (Å²) in [6.07, 6.45) is 1.48. The summed E-state index contributed by atoms with van der Waals surface area (Å²) in [6.45, 7) is 4.99. The van der Waals surface area contributed by atoms with Crippen molar-refractivity contribution in [1.82, 2.24) is 5.32 Å². The summed E-state index contributed by atoms with van der Waals surface area (Å²) in [4.78, 5) is 14.0. The third-order valence-electron chi connectivity index (χ3n) is 4.45. The van der Waals surface area contributed by atoms with Crippen LogP contribution in [0.4, 0.5) is 16.2 Å². The molecule has 1 aliphatic rings. The van der Waals surface area contributed by atoms with Crippen LogP contribution in [-0.2, 0) is 16.4 Å². The minimum Gasteiger partial charge on any atom is -0.338 e. The summed E-state index contributed by atoms with van der Waals surface area (Å²) >= 11 is 6.07. The zero-order chi connectivity index (χ0) is 19.6. The summed E-state index contributed by atoms with van der Waals surface area (Å²) in [5.41, 5.74) is 2.87. The van der Waals surface area contributed by atoms with Gasteiger partial charge in [-0.15, -0.1) is 0 Å². The fraction of sp³-hybridized carbons (Fsp3) is 0.316. The Kier molecular flexibility index (Phi) is 5.62. The number of halogens is 1. The zero-order valence-corrected chi connectivity index (χ0v) is 16.8. The van der Waals surface area contributed by atoms with Gasteiger partial charge in [-0.05, 0) is 61.2 Å². The average Bonchev–Trinajstić information content (AvgIpc) is 3.06. The van der Waals surface area contributed by atoms with Gasteiger partial charge in [-0.1, -0.05) is 24.6 Å². The monoisotopic (exact) mass is 407 g/mol. The van der Waals surface area contributed by atoms with E-state index in [0.29, 0.717) is 30.2 Å². The molecule has 144 valence electrons. The molecular weight excluding hydrogens is 386 g/mol. The van der Waals surface area contributed by atoms with E-state index in [-0.39, 0.29) is 10.9 Å². The Morgan fingerprint density at radius 2 is 2.00 bits per heavy atom. The van der Waals surface area contributed by atoms with Crippen molar-refractivity contribution < 1.29 is 13.2 Å². The van der Waals surface area contributed by atoms with Gasteiger partial charge >= 0.3 is 6.03 Å². The lowest BCUT2D eigenvalue weighted by Crippen LogP contribution is -2.39. The molecule has 0 radical (unpaired) electrons. The molecule has 0 bridgehead atoms. The number of nitrogens with zero attached hydrogens (tertiary/aromatic N) is 1. The molecule has 0 fully saturated rings. The van der Waals surface area contributed by atoms with Gasteiger partial charge in [-0.2, -0.15) is 0 Å². The van der Waals surface area contributed by atoms with Crippen LogP contribution >= 0.6 is 11.6 Å². The maximum Gasteiger partial charge on any atom is 0.321 e. The van der Waals surface area contributed by atoms with E-state index in [2.05, 4.69) is 10.0 Å². The van der Waals surface area contributed by atoms with Gasteiger partial charge in [0.05, 0.1) is 10.6 Å². The quantitative estimate of drug-likeness (QED) is 0.788.